The number of primary amides is 1. The van der Waals surface area contributed by atoms with Crippen molar-refractivity contribution in [3.63, 3.8) is 0 Å². The third kappa shape index (κ3) is 1.93. The Balaban J connectivity index is 1.70. The minimum atomic E-state index is -0.829. The highest BCUT2D eigenvalue weighted by atomic mass is 16.2. The molecule has 18 heavy (non-hydrogen) atoms. The zero-order valence-electron chi connectivity index (χ0n) is 10.5. The van der Waals surface area contributed by atoms with Gasteiger partial charge in [0.05, 0.1) is 0 Å². The Kier molecular flexibility index (Phi) is 2.87. The molecule has 0 radical (unpaired) electrons. The first-order chi connectivity index (χ1) is 8.72. The smallest absolute Gasteiger partial charge is 0.262 e. The molecular weight excluding hydrogens is 228 g/mol. The van der Waals surface area contributed by atoms with E-state index in [9.17, 15) is 4.79 Å². The number of allylic oxidation sites excluding steroid dienone is 2. The summed E-state index contributed by atoms with van der Waals surface area (Å²) in [6.45, 7) is 3.81. The molecule has 98 valence electrons. The third-order valence-corrected chi connectivity index (χ3v) is 4.10. The maximum atomic E-state index is 11.8. The predicted octanol–water partition coefficient (Wildman–Crippen LogP) is -0.379. The molecule has 1 aliphatic carbocycles. The topological polar surface area (TPSA) is 61.6 Å². The lowest BCUT2D eigenvalue weighted by Crippen LogP contribution is -2.68. The molecule has 2 heterocycles. The van der Waals surface area contributed by atoms with Crippen LogP contribution < -0.4 is 11.1 Å². The van der Waals surface area contributed by atoms with Gasteiger partial charge in [0.15, 0.2) is 5.66 Å². The molecule has 0 aromatic heterocycles. The molecule has 0 aromatic rings. The van der Waals surface area contributed by atoms with E-state index in [2.05, 4.69) is 15.1 Å². The van der Waals surface area contributed by atoms with Crippen molar-refractivity contribution in [1.82, 2.24) is 15.1 Å². The van der Waals surface area contributed by atoms with E-state index in [1.807, 2.05) is 18.2 Å². The summed E-state index contributed by atoms with van der Waals surface area (Å²) in [7, 11) is 0. The van der Waals surface area contributed by atoms with Crippen LogP contribution in [-0.2, 0) is 4.79 Å². The van der Waals surface area contributed by atoms with Crippen molar-refractivity contribution in [3.8, 4) is 0 Å². The van der Waals surface area contributed by atoms with Gasteiger partial charge in [0, 0.05) is 32.2 Å². The van der Waals surface area contributed by atoms with E-state index in [0.717, 1.165) is 32.2 Å². The van der Waals surface area contributed by atoms with Gasteiger partial charge >= 0.3 is 0 Å². The monoisotopic (exact) mass is 248 g/mol. The molecule has 2 aliphatic heterocycles. The number of nitrogens with zero attached hydrogens (tertiary/aromatic N) is 2. The third-order valence-electron chi connectivity index (χ3n) is 4.10. The van der Waals surface area contributed by atoms with Crippen molar-refractivity contribution in [3.05, 3.63) is 24.4 Å². The summed E-state index contributed by atoms with van der Waals surface area (Å²) < 4.78 is 0. The van der Waals surface area contributed by atoms with Gasteiger partial charge < -0.3 is 11.1 Å². The van der Waals surface area contributed by atoms with E-state index in [4.69, 9.17) is 5.73 Å². The molecule has 5 nitrogen and oxygen atoms in total. The second kappa shape index (κ2) is 4.40. The highest BCUT2D eigenvalue weighted by Crippen LogP contribution is 2.29. The lowest BCUT2D eigenvalue weighted by molar-refractivity contribution is -0.130. The number of hydrogen-bond acceptors (Lipinski definition) is 4. The Morgan fingerprint density at radius 2 is 1.94 bits per heavy atom. The summed E-state index contributed by atoms with van der Waals surface area (Å²) in [6.07, 6.45) is 10.1. The maximum absolute atomic E-state index is 11.8. The molecule has 2 fully saturated rings. The van der Waals surface area contributed by atoms with Crippen LogP contribution >= 0.6 is 0 Å². The number of carbonyl (C=O) groups excluding carboxylic acids is 1. The average molecular weight is 248 g/mol. The van der Waals surface area contributed by atoms with Gasteiger partial charge in [-0.15, -0.1) is 0 Å². The number of nitrogens with one attached hydrogen (secondary N) is 1. The quantitative estimate of drug-likeness (QED) is 0.715. The van der Waals surface area contributed by atoms with Crippen molar-refractivity contribution in [1.29, 1.82) is 0 Å². The predicted molar refractivity (Wildman–Crippen MR) is 69.5 cm³/mol. The zero-order chi connectivity index (χ0) is 12.6. The lowest BCUT2D eigenvalue weighted by atomic mass is 10.0. The fraction of sp³-hybridized carbons (Fsp3) is 0.615. The van der Waals surface area contributed by atoms with Crippen LogP contribution in [0, 0.1) is 0 Å². The Morgan fingerprint density at radius 3 is 2.44 bits per heavy atom. The van der Waals surface area contributed by atoms with Crippen LogP contribution in [0.3, 0.4) is 0 Å². The summed E-state index contributed by atoms with van der Waals surface area (Å²) >= 11 is 0. The standard InChI is InChI=1S/C13H20N4O/c14-12(18)13(5-1-2-6-15-13)17-9-7-16(8-10-17)11-3-4-11/h1-2,5-6,11,15H,3-4,7-10H2,(H2,14,18). The highest BCUT2D eigenvalue weighted by molar-refractivity contribution is 5.87. The van der Waals surface area contributed by atoms with E-state index in [1.165, 1.54) is 12.8 Å². The maximum Gasteiger partial charge on any atom is 0.262 e. The van der Waals surface area contributed by atoms with Crippen molar-refractivity contribution in [2.75, 3.05) is 26.2 Å². The fourth-order valence-electron chi connectivity index (χ4n) is 2.86. The summed E-state index contributed by atoms with van der Waals surface area (Å²) in [4.78, 5) is 16.5. The van der Waals surface area contributed by atoms with Crippen LogP contribution in [-0.4, -0.2) is 53.6 Å². The lowest BCUT2D eigenvalue weighted by Gasteiger charge is -2.45. The Morgan fingerprint density at radius 1 is 1.22 bits per heavy atom. The van der Waals surface area contributed by atoms with E-state index < -0.39 is 5.66 Å². The van der Waals surface area contributed by atoms with Crippen molar-refractivity contribution < 1.29 is 4.79 Å². The summed E-state index contributed by atoms with van der Waals surface area (Å²) in [5, 5.41) is 3.13. The van der Waals surface area contributed by atoms with E-state index in [1.54, 1.807) is 6.20 Å². The minimum Gasteiger partial charge on any atom is -0.366 e. The number of amides is 1. The minimum absolute atomic E-state index is 0.331. The average Bonchev–Trinajstić information content (AvgIpc) is 3.24. The molecule has 1 unspecified atom stereocenters. The molecular formula is C13H20N4O. The molecule has 3 rings (SSSR count). The first-order valence-corrected chi connectivity index (χ1v) is 6.63. The number of rotatable bonds is 3. The fourth-order valence-corrected chi connectivity index (χ4v) is 2.86. The first-order valence-electron chi connectivity index (χ1n) is 6.63. The van der Waals surface area contributed by atoms with Crippen LogP contribution in [0.5, 0.6) is 0 Å². The second-order valence-corrected chi connectivity index (χ2v) is 5.25. The number of nitrogens with two attached hydrogens (primary N) is 1. The Labute approximate surface area is 107 Å². The molecule has 1 saturated heterocycles. The van der Waals surface area contributed by atoms with Crippen LogP contribution in [0.1, 0.15) is 12.8 Å². The first kappa shape index (κ1) is 11.7. The summed E-state index contributed by atoms with van der Waals surface area (Å²) in [6, 6.07) is 0.798. The molecule has 0 spiro atoms. The van der Waals surface area contributed by atoms with Crippen LogP contribution in [0.25, 0.3) is 0 Å². The van der Waals surface area contributed by atoms with Gasteiger partial charge in [-0.3, -0.25) is 14.6 Å². The molecule has 0 aromatic carbocycles. The van der Waals surface area contributed by atoms with Crippen molar-refractivity contribution in [2.24, 2.45) is 5.73 Å². The second-order valence-electron chi connectivity index (χ2n) is 5.25. The van der Waals surface area contributed by atoms with E-state index in [0.29, 0.717) is 0 Å². The number of dihydropyridines is 1. The van der Waals surface area contributed by atoms with Gasteiger partial charge in [0.1, 0.15) is 0 Å². The van der Waals surface area contributed by atoms with Gasteiger partial charge in [0.25, 0.3) is 5.91 Å². The van der Waals surface area contributed by atoms with E-state index in [-0.39, 0.29) is 5.91 Å². The SMILES string of the molecule is NC(=O)C1(N2CCN(C3CC3)CC2)C=CC=CN1. The van der Waals surface area contributed by atoms with Gasteiger partial charge in [-0.05, 0) is 31.2 Å². The van der Waals surface area contributed by atoms with Crippen LogP contribution in [0.2, 0.25) is 0 Å². The summed E-state index contributed by atoms with van der Waals surface area (Å²) in [5.74, 6) is -0.331. The summed E-state index contributed by atoms with van der Waals surface area (Å²) in [5.41, 5.74) is 4.77. The van der Waals surface area contributed by atoms with Crippen molar-refractivity contribution >= 4 is 5.91 Å². The highest BCUT2D eigenvalue weighted by Gasteiger charge is 2.43. The van der Waals surface area contributed by atoms with Crippen LogP contribution in [0.15, 0.2) is 24.4 Å². The molecule has 5 heteroatoms. The number of carbonyl (C=O) groups is 1. The molecule has 1 atom stereocenters. The number of piperazine rings is 1. The van der Waals surface area contributed by atoms with E-state index >= 15 is 0 Å². The Bertz CT molecular complexity index is 394. The van der Waals surface area contributed by atoms with Crippen molar-refractivity contribution in [2.45, 2.75) is 24.5 Å². The largest absolute Gasteiger partial charge is 0.366 e. The normalized spacial score (nSPS) is 33.3. The number of hydrogen-bond donors (Lipinski definition) is 2. The molecule has 1 amide bonds. The molecule has 3 aliphatic rings. The van der Waals surface area contributed by atoms with Crippen LogP contribution in [0.4, 0.5) is 0 Å². The molecule has 3 N–H and O–H groups in total. The van der Waals surface area contributed by atoms with Gasteiger partial charge in [-0.25, -0.2) is 0 Å². The molecule has 1 saturated carbocycles. The van der Waals surface area contributed by atoms with Gasteiger partial charge in [0.2, 0.25) is 0 Å². The molecule has 0 bridgehead atoms. The zero-order valence-corrected chi connectivity index (χ0v) is 10.5. The Hall–Kier alpha value is -1.33. The van der Waals surface area contributed by atoms with Gasteiger partial charge in [-0.2, -0.15) is 0 Å². The van der Waals surface area contributed by atoms with Gasteiger partial charge in [-0.1, -0.05) is 6.08 Å².